The minimum absolute atomic E-state index is 0.242. The highest BCUT2D eigenvalue weighted by atomic mass is 35.5. The van der Waals surface area contributed by atoms with Crippen LogP contribution in [0.15, 0.2) is 60.8 Å². The average Bonchev–Trinajstić information content (AvgIpc) is 3.45. The van der Waals surface area contributed by atoms with Crippen molar-refractivity contribution >= 4 is 61.5 Å². The second-order valence-electron chi connectivity index (χ2n) is 9.58. The number of rotatable bonds is 6. The topological polar surface area (TPSA) is 122 Å². The van der Waals surface area contributed by atoms with E-state index < -0.39 is 23.3 Å². The number of amides is 1. The van der Waals surface area contributed by atoms with Crippen LogP contribution in [0.3, 0.4) is 0 Å². The van der Waals surface area contributed by atoms with Gasteiger partial charge in [0.1, 0.15) is 6.04 Å². The van der Waals surface area contributed by atoms with Crippen molar-refractivity contribution in [3.63, 3.8) is 0 Å². The Balaban J connectivity index is 1.39. The van der Waals surface area contributed by atoms with Gasteiger partial charge in [-0.3, -0.25) is 9.20 Å². The largest absolute Gasteiger partial charge is 0.480 e. The maximum atomic E-state index is 13.0. The zero-order valence-corrected chi connectivity index (χ0v) is 21.8. The number of hydrogen-bond donors (Lipinski definition) is 3. The number of pyridine rings is 1. The Morgan fingerprint density at radius 3 is 2.54 bits per heavy atom. The number of aliphatic carboxylic acids is 1. The van der Waals surface area contributed by atoms with Gasteiger partial charge in [0, 0.05) is 22.5 Å². The summed E-state index contributed by atoms with van der Waals surface area (Å²) in [5.41, 5.74) is 2.43. The summed E-state index contributed by atoms with van der Waals surface area (Å²) in [6.07, 6.45) is 1.76. The smallest absolute Gasteiger partial charge is 0.326 e. The number of aromatic nitrogens is 4. The molecule has 188 valence electrons. The minimum atomic E-state index is -1.10. The molecule has 37 heavy (non-hydrogen) atoms. The van der Waals surface area contributed by atoms with Crippen molar-refractivity contribution in [2.75, 3.05) is 5.32 Å². The van der Waals surface area contributed by atoms with Crippen molar-refractivity contribution in [3.05, 3.63) is 71.4 Å². The van der Waals surface area contributed by atoms with E-state index in [1.807, 2.05) is 42.5 Å². The number of benzene rings is 2. The number of nitrogens with zero attached hydrogens (tertiary/aromatic N) is 4. The first-order chi connectivity index (χ1) is 17.6. The van der Waals surface area contributed by atoms with Crippen molar-refractivity contribution in [3.8, 4) is 11.4 Å². The molecule has 3 N–H and O–H groups in total. The zero-order valence-electron chi connectivity index (χ0n) is 20.2. The van der Waals surface area contributed by atoms with Crippen LogP contribution in [-0.2, 0) is 4.79 Å². The molecule has 0 fully saturated rings. The van der Waals surface area contributed by atoms with Gasteiger partial charge in [-0.2, -0.15) is 0 Å². The number of nitrogens with one attached hydrogen (secondary N) is 2. The standard InChI is InChI=1S/C26H23ClN6O3S/c1-26(2,3)20(24(35)36)30-23(34)17-5-4-12-33-21(31-32-22(17)33)14-6-9-16(10-7-14)28-25-29-18-11-8-15(27)13-19(18)37-25/h4-13,20H,1-3H3,(H,28,29)(H,30,34)(H,35,36)/t20-/m1/s1. The summed E-state index contributed by atoms with van der Waals surface area (Å²) in [5.74, 6) is -1.07. The molecule has 5 rings (SSSR count). The average molecular weight is 535 g/mol. The van der Waals surface area contributed by atoms with Crippen LogP contribution in [0.2, 0.25) is 5.02 Å². The zero-order chi connectivity index (χ0) is 26.3. The second kappa shape index (κ2) is 9.45. The molecule has 0 saturated heterocycles. The molecular weight excluding hydrogens is 512 g/mol. The Morgan fingerprint density at radius 2 is 1.84 bits per heavy atom. The third-order valence-corrected chi connectivity index (χ3v) is 6.98. The van der Waals surface area contributed by atoms with Crippen molar-refractivity contribution in [1.82, 2.24) is 24.9 Å². The molecule has 9 nitrogen and oxygen atoms in total. The lowest BCUT2D eigenvalue weighted by atomic mass is 9.86. The fourth-order valence-electron chi connectivity index (χ4n) is 3.93. The summed E-state index contributed by atoms with van der Waals surface area (Å²) in [4.78, 5) is 29.3. The third-order valence-electron chi connectivity index (χ3n) is 5.81. The van der Waals surface area contributed by atoms with Crippen LogP contribution < -0.4 is 10.6 Å². The quantitative estimate of drug-likeness (QED) is 0.258. The molecule has 0 radical (unpaired) electrons. The van der Waals surface area contributed by atoms with Crippen LogP contribution in [0.5, 0.6) is 0 Å². The van der Waals surface area contributed by atoms with Crippen molar-refractivity contribution in [2.24, 2.45) is 5.41 Å². The van der Waals surface area contributed by atoms with E-state index in [1.54, 1.807) is 43.5 Å². The normalized spacial score (nSPS) is 12.5. The highest BCUT2D eigenvalue weighted by Crippen LogP contribution is 2.31. The lowest BCUT2D eigenvalue weighted by Crippen LogP contribution is -2.49. The molecule has 2 aromatic carbocycles. The van der Waals surface area contributed by atoms with Crippen molar-refractivity contribution < 1.29 is 14.7 Å². The van der Waals surface area contributed by atoms with Gasteiger partial charge < -0.3 is 15.7 Å². The highest BCUT2D eigenvalue weighted by Gasteiger charge is 2.33. The van der Waals surface area contributed by atoms with E-state index in [-0.39, 0.29) is 5.56 Å². The van der Waals surface area contributed by atoms with Gasteiger partial charge >= 0.3 is 5.97 Å². The Morgan fingerprint density at radius 1 is 1.08 bits per heavy atom. The number of hydrogen-bond acceptors (Lipinski definition) is 7. The van der Waals surface area contributed by atoms with E-state index >= 15 is 0 Å². The van der Waals surface area contributed by atoms with Gasteiger partial charge in [0.05, 0.1) is 15.8 Å². The number of halogens is 1. The summed E-state index contributed by atoms with van der Waals surface area (Å²) < 4.78 is 2.71. The fourth-order valence-corrected chi connectivity index (χ4v) is 5.09. The van der Waals surface area contributed by atoms with Crippen LogP contribution in [0.4, 0.5) is 10.8 Å². The predicted octanol–water partition coefficient (Wildman–Crippen LogP) is 5.63. The molecular formula is C26H23ClN6O3S. The lowest BCUT2D eigenvalue weighted by molar-refractivity contribution is -0.142. The maximum Gasteiger partial charge on any atom is 0.326 e. The van der Waals surface area contributed by atoms with Crippen LogP contribution in [0, 0.1) is 5.41 Å². The summed E-state index contributed by atoms with van der Waals surface area (Å²) in [6, 6.07) is 15.5. The van der Waals surface area contributed by atoms with E-state index in [4.69, 9.17) is 11.6 Å². The van der Waals surface area contributed by atoms with E-state index in [0.29, 0.717) is 16.5 Å². The van der Waals surface area contributed by atoms with Crippen molar-refractivity contribution in [2.45, 2.75) is 26.8 Å². The molecule has 3 aromatic heterocycles. The number of carboxylic acid groups (broad SMARTS) is 1. The summed E-state index contributed by atoms with van der Waals surface area (Å²) in [5, 5.41) is 25.4. The molecule has 0 saturated carbocycles. The number of carboxylic acids is 1. The van der Waals surface area contributed by atoms with Crippen LogP contribution in [-0.4, -0.2) is 42.6 Å². The number of thiazole rings is 1. The minimum Gasteiger partial charge on any atom is -0.480 e. The Bertz CT molecular complexity index is 1640. The molecule has 0 aliphatic heterocycles. The summed E-state index contributed by atoms with van der Waals surface area (Å²) in [6.45, 7) is 5.27. The first-order valence-electron chi connectivity index (χ1n) is 11.4. The van der Waals surface area contributed by atoms with E-state index in [9.17, 15) is 14.7 Å². The van der Waals surface area contributed by atoms with Crippen LogP contribution in [0.25, 0.3) is 27.3 Å². The molecule has 1 atom stereocenters. The molecule has 3 heterocycles. The van der Waals surface area contributed by atoms with E-state index in [0.717, 1.165) is 26.6 Å². The SMILES string of the molecule is CC(C)(C)[C@H](NC(=O)c1cccn2c(-c3ccc(Nc4nc5ccc(Cl)cc5s4)cc3)nnc12)C(=O)O. The van der Waals surface area contributed by atoms with Crippen LogP contribution in [0.1, 0.15) is 31.1 Å². The van der Waals surface area contributed by atoms with Gasteiger partial charge in [-0.15, -0.1) is 10.2 Å². The first-order valence-corrected chi connectivity index (χ1v) is 12.6. The highest BCUT2D eigenvalue weighted by molar-refractivity contribution is 7.22. The van der Waals surface area contributed by atoms with Crippen molar-refractivity contribution in [1.29, 1.82) is 0 Å². The van der Waals surface area contributed by atoms with E-state index in [2.05, 4.69) is 25.8 Å². The monoisotopic (exact) mass is 534 g/mol. The molecule has 0 aliphatic rings. The Kier molecular flexibility index (Phi) is 6.30. The van der Waals surface area contributed by atoms with Gasteiger partial charge in [0.15, 0.2) is 16.6 Å². The fraction of sp³-hybridized carbons (Fsp3) is 0.192. The number of anilines is 2. The number of carbonyl (C=O) groups is 2. The molecule has 11 heteroatoms. The Hall–Kier alpha value is -4.02. The molecule has 5 aromatic rings. The van der Waals surface area contributed by atoms with Crippen LogP contribution >= 0.6 is 22.9 Å². The van der Waals surface area contributed by atoms with E-state index in [1.165, 1.54) is 11.3 Å². The van der Waals surface area contributed by atoms with Gasteiger partial charge in [-0.1, -0.05) is 43.7 Å². The number of fused-ring (bicyclic) bond motifs is 2. The van der Waals surface area contributed by atoms with Gasteiger partial charge in [-0.25, -0.2) is 9.78 Å². The second-order valence-corrected chi connectivity index (χ2v) is 11.1. The Labute approximate surface area is 221 Å². The molecule has 1 amide bonds. The summed E-state index contributed by atoms with van der Waals surface area (Å²) in [7, 11) is 0. The lowest BCUT2D eigenvalue weighted by Gasteiger charge is -2.27. The summed E-state index contributed by atoms with van der Waals surface area (Å²) >= 11 is 7.59. The molecule has 0 unspecified atom stereocenters. The first kappa shape index (κ1) is 24.7. The predicted molar refractivity (Wildman–Crippen MR) is 145 cm³/mol. The molecule has 0 aliphatic carbocycles. The third kappa shape index (κ3) is 4.98. The molecule has 0 spiro atoms. The maximum absolute atomic E-state index is 13.0. The van der Waals surface area contributed by atoms with Gasteiger partial charge in [0.2, 0.25) is 0 Å². The number of carbonyl (C=O) groups excluding carboxylic acids is 1. The molecule has 0 bridgehead atoms. The van der Waals surface area contributed by atoms with Gasteiger partial charge in [0.25, 0.3) is 5.91 Å². The van der Waals surface area contributed by atoms with Gasteiger partial charge in [-0.05, 0) is 60.0 Å².